The second-order valence-corrected chi connectivity index (χ2v) is 3.88. The van der Waals surface area contributed by atoms with Gasteiger partial charge in [-0.2, -0.15) is 8.42 Å². The van der Waals surface area contributed by atoms with E-state index in [1.807, 2.05) is 6.92 Å². The molecule has 7 heavy (non-hydrogen) atoms. The average Bonchev–Trinajstić information content (AvgIpc) is 1.61. The Labute approximate surface area is 45.9 Å². The maximum Gasteiger partial charge on any atom is 0.234 e. The molecule has 0 aromatic rings. The highest BCUT2D eigenvalue weighted by Gasteiger charge is 1.71. The van der Waals surface area contributed by atoms with Crippen LogP contribution in [0.4, 0.5) is 0 Å². The first kappa shape index (κ1) is 7.12. The topological polar surface area (TPSA) is 34.1 Å². The number of hydrogen-bond donors (Lipinski definition) is 0. The molecular weight excluding hydrogens is 131 g/mol. The van der Waals surface area contributed by atoms with E-state index in [0.29, 0.717) is 7.36 Å². The summed E-state index contributed by atoms with van der Waals surface area (Å²) in [7, 11) is -1.32. The summed E-state index contributed by atoms with van der Waals surface area (Å²) in [6.45, 7) is 1.96. The Balaban J connectivity index is 3.49. The summed E-state index contributed by atoms with van der Waals surface area (Å²) >= 11 is 0. The Hall–Kier alpha value is 0.120. The van der Waals surface area contributed by atoms with Crippen LogP contribution in [-0.4, -0.2) is 14.6 Å². The molecule has 0 radical (unpaired) electrons. The maximum atomic E-state index is 9.75. The van der Waals surface area contributed by atoms with E-state index in [1.165, 1.54) is 0 Å². The Morgan fingerprint density at radius 2 is 2.14 bits per heavy atom. The Kier molecular flexibility index (Phi) is 4.36. The van der Waals surface area contributed by atoms with Gasteiger partial charge in [-0.1, -0.05) is 6.92 Å². The Morgan fingerprint density at radius 1 is 1.57 bits per heavy atom. The zero-order chi connectivity index (χ0) is 5.70. The largest absolute Gasteiger partial charge is 0.234 e. The first-order chi connectivity index (χ1) is 3.27. The predicted molar refractivity (Wildman–Crippen MR) is 31.0 cm³/mol. The van der Waals surface area contributed by atoms with Gasteiger partial charge in [0, 0.05) is 13.5 Å². The smallest absolute Gasteiger partial charge is 0.180 e. The quantitative estimate of drug-likeness (QED) is 0.536. The molecule has 0 amide bonds. The summed E-state index contributed by atoms with van der Waals surface area (Å²) in [5.41, 5.74) is 0. The predicted octanol–water partition coefficient (Wildman–Crippen LogP) is 1.14. The van der Waals surface area contributed by atoms with E-state index in [9.17, 15) is 8.42 Å². The van der Waals surface area contributed by atoms with Crippen molar-refractivity contribution in [2.24, 2.45) is 0 Å². The first-order valence-electron chi connectivity index (χ1n) is 2.04. The molecule has 0 spiro atoms. The molecule has 0 N–H and O–H groups in total. The highest BCUT2D eigenvalue weighted by Crippen LogP contribution is 1.94. The van der Waals surface area contributed by atoms with Crippen molar-refractivity contribution < 1.29 is 8.42 Å². The summed E-state index contributed by atoms with van der Waals surface area (Å²) in [6.07, 6.45) is 1.70. The van der Waals surface area contributed by atoms with Gasteiger partial charge in [-0.05, 0) is 6.42 Å². The van der Waals surface area contributed by atoms with Crippen LogP contribution in [0.1, 0.15) is 13.3 Å². The molecule has 42 valence electrons. The summed E-state index contributed by atoms with van der Waals surface area (Å²) < 4.78 is 19.5. The van der Waals surface area contributed by atoms with E-state index in [0.717, 1.165) is 12.6 Å². The van der Waals surface area contributed by atoms with Gasteiger partial charge < -0.3 is 0 Å². The molecule has 0 aliphatic heterocycles. The third-order valence-corrected chi connectivity index (χ3v) is 2.44. The van der Waals surface area contributed by atoms with E-state index in [2.05, 4.69) is 0 Å². The van der Waals surface area contributed by atoms with E-state index in [4.69, 9.17) is 0 Å². The van der Waals surface area contributed by atoms with Crippen molar-refractivity contribution in [1.29, 1.82) is 0 Å². The van der Waals surface area contributed by atoms with Gasteiger partial charge in [0.15, 0.2) is 0 Å². The van der Waals surface area contributed by atoms with Crippen LogP contribution in [0.2, 0.25) is 0 Å². The van der Waals surface area contributed by atoms with Gasteiger partial charge in [-0.3, -0.25) is 0 Å². The van der Waals surface area contributed by atoms with Crippen LogP contribution in [0.3, 0.4) is 0 Å². The summed E-state index contributed by atoms with van der Waals surface area (Å²) in [6, 6.07) is 0. The molecule has 0 bridgehead atoms. The monoisotopic (exact) mass is 138 g/mol. The number of rotatable bonds is 2. The lowest BCUT2D eigenvalue weighted by atomic mass is 10.6. The Bertz CT molecular complexity index is 138. The third kappa shape index (κ3) is 6.12. The van der Waals surface area contributed by atoms with Crippen LogP contribution in [0.15, 0.2) is 0 Å². The van der Waals surface area contributed by atoms with Crippen LogP contribution in [0.25, 0.3) is 0 Å². The van der Waals surface area contributed by atoms with E-state index < -0.39 is 9.88 Å². The van der Waals surface area contributed by atoms with Crippen molar-refractivity contribution in [1.82, 2.24) is 0 Å². The standard InChI is InChI=1S/C3H7O2PS/c1-2-3-6-7(4)5/h2-3H2,1H3. The minimum atomic E-state index is -1.84. The zero-order valence-electron chi connectivity index (χ0n) is 4.09. The first-order valence-corrected chi connectivity index (χ1v) is 4.80. The molecule has 0 fully saturated rings. The van der Waals surface area contributed by atoms with Crippen molar-refractivity contribution >= 4 is 17.2 Å². The second kappa shape index (κ2) is 4.28. The van der Waals surface area contributed by atoms with Gasteiger partial charge in [0.25, 0.3) is 0 Å². The molecule has 0 heterocycles. The minimum Gasteiger partial charge on any atom is -0.180 e. The van der Waals surface area contributed by atoms with Crippen molar-refractivity contribution in [3.8, 4) is 0 Å². The van der Waals surface area contributed by atoms with Crippen LogP contribution in [0, 0.1) is 0 Å². The van der Waals surface area contributed by atoms with Gasteiger partial charge in [0.1, 0.15) is 0 Å². The SMILES string of the molecule is CCCP=S(=O)=O. The van der Waals surface area contributed by atoms with E-state index in [-0.39, 0.29) is 0 Å². The van der Waals surface area contributed by atoms with Gasteiger partial charge in [0.2, 0.25) is 9.88 Å². The molecule has 0 saturated heterocycles. The van der Waals surface area contributed by atoms with E-state index >= 15 is 0 Å². The lowest BCUT2D eigenvalue weighted by molar-refractivity contribution is 0.628. The molecule has 4 heteroatoms. The fourth-order valence-corrected chi connectivity index (χ4v) is 1.49. The fourth-order valence-electron chi connectivity index (χ4n) is 0.166. The highest BCUT2D eigenvalue weighted by atomic mass is 32.5. The van der Waals surface area contributed by atoms with Crippen molar-refractivity contribution in [3.05, 3.63) is 0 Å². The molecule has 0 atom stereocenters. The van der Waals surface area contributed by atoms with Gasteiger partial charge in [-0.25, -0.2) is 0 Å². The van der Waals surface area contributed by atoms with Crippen molar-refractivity contribution in [3.63, 3.8) is 0 Å². The summed E-state index contributed by atoms with van der Waals surface area (Å²) in [4.78, 5) is 0. The normalized spacial score (nSPS) is 9.29. The van der Waals surface area contributed by atoms with Crippen LogP contribution < -0.4 is 0 Å². The average molecular weight is 138 g/mol. The Morgan fingerprint density at radius 3 is 2.29 bits per heavy atom. The summed E-state index contributed by atoms with van der Waals surface area (Å²) in [5.74, 6) is 0. The van der Waals surface area contributed by atoms with Crippen LogP contribution >= 0.6 is 7.36 Å². The van der Waals surface area contributed by atoms with Crippen LogP contribution in [0.5, 0.6) is 0 Å². The van der Waals surface area contributed by atoms with Crippen LogP contribution in [-0.2, 0) is 9.88 Å². The molecule has 0 unspecified atom stereocenters. The lowest BCUT2D eigenvalue weighted by Crippen LogP contribution is -1.60. The van der Waals surface area contributed by atoms with E-state index in [1.54, 1.807) is 0 Å². The fraction of sp³-hybridized carbons (Fsp3) is 1.00. The molecule has 0 aromatic carbocycles. The lowest BCUT2D eigenvalue weighted by Gasteiger charge is -1.70. The van der Waals surface area contributed by atoms with Gasteiger partial charge >= 0.3 is 0 Å². The number of hydrogen-bond acceptors (Lipinski definition) is 2. The molecule has 0 aliphatic carbocycles. The molecule has 0 aliphatic rings. The molecule has 0 rings (SSSR count). The van der Waals surface area contributed by atoms with Gasteiger partial charge in [-0.15, -0.1) is 0 Å². The maximum absolute atomic E-state index is 9.75. The van der Waals surface area contributed by atoms with Gasteiger partial charge in [0.05, 0.1) is 0 Å². The second-order valence-electron chi connectivity index (χ2n) is 1.07. The highest BCUT2D eigenvalue weighted by molar-refractivity contribution is 8.04. The molecule has 0 aromatic heterocycles. The summed E-state index contributed by atoms with van der Waals surface area (Å²) in [5, 5.41) is 0. The molecular formula is C3H7O2PS. The van der Waals surface area contributed by atoms with Crippen molar-refractivity contribution in [2.45, 2.75) is 13.3 Å². The third-order valence-electron chi connectivity index (χ3n) is 0.420. The van der Waals surface area contributed by atoms with Crippen molar-refractivity contribution in [2.75, 3.05) is 6.16 Å². The zero-order valence-corrected chi connectivity index (χ0v) is 5.80. The molecule has 2 nitrogen and oxygen atoms in total. The molecule has 0 saturated carbocycles. The minimum absolute atomic E-state index is 0.527.